The molecular formula is C40H80O3. The van der Waals surface area contributed by atoms with Gasteiger partial charge in [0.1, 0.15) is 0 Å². The van der Waals surface area contributed by atoms with Crippen LogP contribution in [0.1, 0.15) is 239 Å². The molecule has 1 atom stereocenters. The summed E-state index contributed by atoms with van der Waals surface area (Å²) in [7, 11) is 0. The van der Waals surface area contributed by atoms with Crippen LogP contribution in [0.4, 0.5) is 0 Å². The predicted molar refractivity (Wildman–Crippen MR) is 190 cm³/mol. The SMILES string of the molecule is CCCCCCCCCCCCCCCCCCCOC(=O)C(O)CCCCCCCCCCCCCCCCCCC. The number of aliphatic hydroxyl groups excluding tert-OH is 1. The first-order valence-electron chi connectivity index (χ1n) is 20.1. The van der Waals surface area contributed by atoms with Gasteiger partial charge >= 0.3 is 5.97 Å². The molecule has 1 N–H and O–H groups in total. The third-order valence-corrected chi connectivity index (χ3v) is 9.35. The molecule has 258 valence electrons. The average Bonchev–Trinajstić information content (AvgIpc) is 3.01. The zero-order valence-electron chi connectivity index (χ0n) is 29.8. The number of esters is 1. The molecule has 0 rings (SSSR count). The standard InChI is InChI=1S/C40H80O3/c1-3-5-7-9-11-13-15-17-19-21-23-25-27-29-31-33-35-37-39(41)40(42)43-38-36-34-32-30-28-26-24-22-20-18-16-14-12-10-8-6-4-2/h39,41H,3-38H2,1-2H3. The van der Waals surface area contributed by atoms with E-state index < -0.39 is 12.1 Å². The molecule has 0 fully saturated rings. The molecule has 0 amide bonds. The van der Waals surface area contributed by atoms with Gasteiger partial charge in [0.25, 0.3) is 0 Å². The van der Waals surface area contributed by atoms with Gasteiger partial charge in [-0.25, -0.2) is 4.79 Å². The van der Waals surface area contributed by atoms with Crippen LogP contribution in [0.15, 0.2) is 0 Å². The van der Waals surface area contributed by atoms with Gasteiger partial charge in [-0.3, -0.25) is 0 Å². The van der Waals surface area contributed by atoms with Crippen molar-refractivity contribution >= 4 is 5.97 Å². The Balaban J connectivity index is 3.26. The van der Waals surface area contributed by atoms with Gasteiger partial charge in [-0.05, 0) is 12.8 Å². The van der Waals surface area contributed by atoms with Gasteiger partial charge in [-0.2, -0.15) is 0 Å². The molecule has 0 aliphatic rings. The highest BCUT2D eigenvalue weighted by Gasteiger charge is 2.15. The van der Waals surface area contributed by atoms with Crippen molar-refractivity contribution in [1.29, 1.82) is 0 Å². The Kier molecular flexibility index (Phi) is 37.1. The summed E-state index contributed by atoms with van der Waals surface area (Å²) in [6.45, 7) is 5.04. The predicted octanol–water partition coefficient (Wildman–Crippen LogP) is 13.6. The molecule has 0 radical (unpaired) electrons. The molecule has 3 heteroatoms. The number of hydrogen-bond donors (Lipinski definition) is 1. The first-order valence-corrected chi connectivity index (χ1v) is 20.1. The third-order valence-electron chi connectivity index (χ3n) is 9.35. The third kappa shape index (κ3) is 35.8. The van der Waals surface area contributed by atoms with Gasteiger partial charge in [-0.1, -0.05) is 226 Å². The van der Waals surface area contributed by atoms with Crippen LogP contribution in [0.5, 0.6) is 0 Å². The first kappa shape index (κ1) is 42.4. The van der Waals surface area contributed by atoms with E-state index in [2.05, 4.69) is 13.8 Å². The molecule has 1 unspecified atom stereocenters. The molecule has 0 spiro atoms. The summed E-state index contributed by atoms with van der Waals surface area (Å²) < 4.78 is 5.32. The quantitative estimate of drug-likeness (QED) is 0.0563. The number of unbranched alkanes of at least 4 members (excludes halogenated alkanes) is 32. The van der Waals surface area contributed by atoms with Crippen LogP contribution in [0.2, 0.25) is 0 Å². The van der Waals surface area contributed by atoms with Crippen LogP contribution in [0, 0.1) is 0 Å². The van der Waals surface area contributed by atoms with Gasteiger partial charge < -0.3 is 9.84 Å². The summed E-state index contributed by atoms with van der Waals surface area (Å²) in [5.41, 5.74) is 0. The summed E-state index contributed by atoms with van der Waals surface area (Å²) in [6, 6.07) is 0. The fraction of sp³-hybridized carbons (Fsp3) is 0.975. The van der Waals surface area contributed by atoms with E-state index in [1.807, 2.05) is 0 Å². The second-order valence-corrected chi connectivity index (χ2v) is 13.8. The Morgan fingerprint density at radius 2 is 0.628 bits per heavy atom. The zero-order valence-corrected chi connectivity index (χ0v) is 29.8. The van der Waals surface area contributed by atoms with Gasteiger partial charge in [0.2, 0.25) is 0 Å². The number of hydrogen-bond acceptors (Lipinski definition) is 3. The van der Waals surface area contributed by atoms with Crippen LogP contribution >= 0.6 is 0 Å². The van der Waals surface area contributed by atoms with Crippen molar-refractivity contribution in [3.63, 3.8) is 0 Å². The normalized spacial score (nSPS) is 12.2. The van der Waals surface area contributed by atoms with Crippen molar-refractivity contribution < 1.29 is 14.6 Å². The Hall–Kier alpha value is -0.570. The Morgan fingerprint density at radius 1 is 0.395 bits per heavy atom. The van der Waals surface area contributed by atoms with Crippen molar-refractivity contribution in [2.24, 2.45) is 0 Å². The Bertz CT molecular complexity index is 520. The maximum atomic E-state index is 12.0. The van der Waals surface area contributed by atoms with Crippen LogP contribution in [0.25, 0.3) is 0 Å². The highest BCUT2D eigenvalue weighted by molar-refractivity contribution is 5.74. The van der Waals surface area contributed by atoms with Crippen molar-refractivity contribution in [3.05, 3.63) is 0 Å². The summed E-state index contributed by atoms with van der Waals surface area (Å²) in [5, 5.41) is 10.1. The van der Waals surface area contributed by atoms with E-state index in [1.165, 1.54) is 193 Å². The summed E-state index contributed by atoms with van der Waals surface area (Å²) in [4.78, 5) is 12.0. The molecule has 0 aromatic heterocycles. The molecule has 0 saturated heterocycles. The van der Waals surface area contributed by atoms with Gasteiger partial charge in [0.05, 0.1) is 6.61 Å². The molecule has 0 heterocycles. The molecular weight excluding hydrogens is 528 g/mol. The van der Waals surface area contributed by atoms with E-state index >= 15 is 0 Å². The monoisotopic (exact) mass is 609 g/mol. The van der Waals surface area contributed by atoms with Crippen LogP contribution in [0.3, 0.4) is 0 Å². The Morgan fingerprint density at radius 3 is 0.907 bits per heavy atom. The molecule has 0 aromatic carbocycles. The summed E-state index contributed by atoms with van der Waals surface area (Å²) in [5.74, 6) is -0.409. The van der Waals surface area contributed by atoms with E-state index in [-0.39, 0.29) is 0 Å². The fourth-order valence-electron chi connectivity index (χ4n) is 6.28. The van der Waals surface area contributed by atoms with Crippen LogP contribution in [-0.2, 0) is 9.53 Å². The van der Waals surface area contributed by atoms with Crippen LogP contribution < -0.4 is 0 Å². The number of rotatable bonds is 37. The van der Waals surface area contributed by atoms with E-state index in [4.69, 9.17) is 4.74 Å². The second-order valence-electron chi connectivity index (χ2n) is 13.8. The van der Waals surface area contributed by atoms with Crippen molar-refractivity contribution in [2.75, 3.05) is 6.61 Å². The second kappa shape index (κ2) is 37.6. The molecule has 43 heavy (non-hydrogen) atoms. The topological polar surface area (TPSA) is 46.5 Å². The molecule has 3 nitrogen and oxygen atoms in total. The van der Waals surface area contributed by atoms with Gasteiger partial charge in [0, 0.05) is 0 Å². The van der Waals surface area contributed by atoms with Crippen molar-refractivity contribution in [2.45, 2.75) is 245 Å². The molecule has 0 aromatic rings. The average molecular weight is 609 g/mol. The van der Waals surface area contributed by atoms with Crippen molar-refractivity contribution in [1.82, 2.24) is 0 Å². The zero-order chi connectivity index (χ0) is 31.3. The minimum absolute atomic E-state index is 0.409. The minimum Gasteiger partial charge on any atom is -0.464 e. The van der Waals surface area contributed by atoms with Crippen molar-refractivity contribution in [3.8, 4) is 0 Å². The lowest BCUT2D eigenvalue weighted by atomic mass is 10.0. The lowest BCUT2D eigenvalue weighted by Gasteiger charge is -2.10. The minimum atomic E-state index is -0.929. The lowest BCUT2D eigenvalue weighted by Crippen LogP contribution is -2.23. The van der Waals surface area contributed by atoms with E-state index in [0.29, 0.717) is 13.0 Å². The molecule has 0 saturated carbocycles. The van der Waals surface area contributed by atoms with Gasteiger partial charge in [0.15, 0.2) is 6.10 Å². The van der Waals surface area contributed by atoms with E-state index in [1.54, 1.807) is 0 Å². The first-order chi connectivity index (χ1) is 21.2. The number of carbonyl (C=O) groups is 1. The van der Waals surface area contributed by atoms with Crippen LogP contribution in [-0.4, -0.2) is 23.8 Å². The number of ether oxygens (including phenoxy) is 1. The smallest absolute Gasteiger partial charge is 0.334 e. The van der Waals surface area contributed by atoms with E-state index in [9.17, 15) is 9.90 Å². The molecule has 0 aliphatic carbocycles. The Labute approximate surface area is 271 Å². The molecule has 0 bridgehead atoms. The summed E-state index contributed by atoms with van der Waals surface area (Å²) in [6.07, 6.45) is 45.4. The fourth-order valence-corrected chi connectivity index (χ4v) is 6.28. The lowest BCUT2D eigenvalue weighted by molar-refractivity contribution is -0.154. The van der Waals surface area contributed by atoms with Gasteiger partial charge in [-0.15, -0.1) is 0 Å². The highest BCUT2D eigenvalue weighted by atomic mass is 16.5. The number of aliphatic hydroxyl groups is 1. The molecule has 0 aliphatic heterocycles. The maximum absolute atomic E-state index is 12.0. The maximum Gasteiger partial charge on any atom is 0.334 e. The largest absolute Gasteiger partial charge is 0.464 e. The summed E-state index contributed by atoms with van der Waals surface area (Å²) >= 11 is 0. The van der Waals surface area contributed by atoms with E-state index in [0.717, 1.165) is 25.7 Å². The highest BCUT2D eigenvalue weighted by Crippen LogP contribution is 2.16. The number of carbonyl (C=O) groups excluding carboxylic acids is 1.